The topological polar surface area (TPSA) is 46.5 Å². The van der Waals surface area contributed by atoms with Gasteiger partial charge in [0.1, 0.15) is 0 Å². The lowest BCUT2D eigenvalue weighted by atomic mass is 10.1. The van der Waals surface area contributed by atoms with E-state index < -0.39 is 17.1 Å². The molecular formula is C10H13ClO3. The molecule has 0 unspecified atom stereocenters. The zero-order valence-electron chi connectivity index (χ0n) is 8.16. The summed E-state index contributed by atoms with van der Waals surface area (Å²) in [6, 6.07) is 0. The normalized spacial score (nSPS) is 28.4. The number of carboxylic acid groups (broad SMARTS) is 1. The van der Waals surface area contributed by atoms with E-state index in [1.165, 1.54) is 6.92 Å². The van der Waals surface area contributed by atoms with E-state index in [4.69, 9.17) is 21.4 Å². The molecule has 1 aliphatic carbocycles. The average molecular weight is 217 g/mol. The molecule has 0 spiro atoms. The number of halogens is 1. The Labute approximate surface area is 88.0 Å². The highest BCUT2D eigenvalue weighted by molar-refractivity contribution is 6.24. The third-order valence-electron chi connectivity index (χ3n) is 2.02. The standard InChI is InChI=1S/C10H13ClO3/c1-7-3-5-10(11,6-4-7)14-8(2)9(12)13/h3-5,8H,6H2,1-2H3,(H,12,13)/t8-,10+/m1/s1. The number of hydrogen-bond acceptors (Lipinski definition) is 2. The number of ether oxygens (including phenoxy) is 1. The Morgan fingerprint density at radius 3 is 2.86 bits per heavy atom. The fourth-order valence-corrected chi connectivity index (χ4v) is 1.40. The van der Waals surface area contributed by atoms with Crippen LogP contribution in [0.3, 0.4) is 0 Å². The summed E-state index contributed by atoms with van der Waals surface area (Å²) in [5.41, 5.74) is 1.10. The van der Waals surface area contributed by atoms with Crippen molar-refractivity contribution in [3.63, 3.8) is 0 Å². The van der Waals surface area contributed by atoms with E-state index in [1.807, 2.05) is 19.1 Å². The van der Waals surface area contributed by atoms with Gasteiger partial charge in [-0.1, -0.05) is 29.3 Å². The zero-order valence-corrected chi connectivity index (χ0v) is 8.91. The summed E-state index contributed by atoms with van der Waals surface area (Å²) in [7, 11) is 0. The van der Waals surface area contributed by atoms with Crippen LogP contribution in [0.2, 0.25) is 0 Å². The van der Waals surface area contributed by atoms with Crippen LogP contribution < -0.4 is 0 Å². The zero-order chi connectivity index (χ0) is 10.8. The van der Waals surface area contributed by atoms with Gasteiger partial charge in [0, 0.05) is 6.42 Å². The second kappa shape index (κ2) is 4.15. The molecule has 0 heterocycles. The van der Waals surface area contributed by atoms with Crippen molar-refractivity contribution in [1.82, 2.24) is 0 Å². The van der Waals surface area contributed by atoms with Crippen molar-refractivity contribution in [3.05, 3.63) is 23.8 Å². The number of carboxylic acids is 1. The first-order valence-corrected chi connectivity index (χ1v) is 4.76. The molecule has 0 aromatic heterocycles. The van der Waals surface area contributed by atoms with Crippen LogP contribution in [0.1, 0.15) is 20.3 Å². The number of hydrogen-bond donors (Lipinski definition) is 1. The van der Waals surface area contributed by atoms with E-state index in [1.54, 1.807) is 6.08 Å². The van der Waals surface area contributed by atoms with E-state index >= 15 is 0 Å². The molecule has 0 radical (unpaired) electrons. The molecule has 0 fully saturated rings. The first-order valence-electron chi connectivity index (χ1n) is 4.38. The molecule has 0 amide bonds. The van der Waals surface area contributed by atoms with Crippen LogP contribution in [0.15, 0.2) is 23.8 Å². The molecule has 0 aliphatic heterocycles. The Balaban J connectivity index is 2.61. The predicted octanol–water partition coefficient (Wildman–Crippen LogP) is 2.32. The molecule has 0 aromatic carbocycles. The monoisotopic (exact) mass is 216 g/mol. The van der Waals surface area contributed by atoms with Crippen LogP contribution in [0, 0.1) is 0 Å². The van der Waals surface area contributed by atoms with Crippen LogP contribution in [0.4, 0.5) is 0 Å². The minimum Gasteiger partial charge on any atom is -0.479 e. The number of alkyl halides is 1. The molecular weight excluding hydrogens is 204 g/mol. The highest BCUT2D eigenvalue weighted by atomic mass is 35.5. The van der Waals surface area contributed by atoms with Crippen LogP contribution in [0.25, 0.3) is 0 Å². The van der Waals surface area contributed by atoms with Crippen LogP contribution in [-0.4, -0.2) is 22.2 Å². The summed E-state index contributed by atoms with van der Waals surface area (Å²) >= 11 is 6.06. The maximum Gasteiger partial charge on any atom is 0.332 e. The predicted molar refractivity (Wildman–Crippen MR) is 54.3 cm³/mol. The summed E-state index contributed by atoms with van der Waals surface area (Å²) in [5, 5.41) is 7.65. The molecule has 78 valence electrons. The van der Waals surface area contributed by atoms with Gasteiger partial charge in [0.15, 0.2) is 11.2 Å². The number of rotatable bonds is 3. The molecule has 4 heteroatoms. The van der Waals surface area contributed by atoms with Gasteiger partial charge in [-0.3, -0.25) is 0 Å². The molecule has 14 heavy (non-hydrogen) atoms. The van der Waals surface area contributed by atoms with Crippen molar-refractivity contribution in [2.24, 2.45) is 0 Å². The summed E-state index contributed by atoms with van der Waals surface area (Å²) in [6.07, 6.45) is 5.02. The fourth-order valence-electron chi connectivity index (χ4n) is 1.12. The molecule has 0 saturated heterocycles. The molecule has 0 saturated carbocycles. The maximum atomic E-state index is 10.6. The lowest BCUT2D eigenvalue weighted by molar-refractivity contribution is -0.153. The van der Waals surface area contributed by atoms with Gasteiger partial charge in [-0.15, -0.1) is 0 Å². The fraction of sp³-hybridized carbons (Fsp3) is 0.500. The van der Waals surface area contributed by atoms with Gasteiger partial charge >= 0.3 is 5.97 Å². The third-order valence-corrected chi connectivity index (χ3v) is 2.39. The first kappa shape index (κ1) is 11.3. The SMILES string of the molecule is CC1=CC[C@@](Cl)(O[C@H](C)C(=O)O)C=C1. The Morgan fingerprint density at radius 1 is 1.79 bits per heavy atom. The molecule has 0 aromatic rings. The van der Waals surface area contributed by atoms with Crippen molar-refractivity contribution >= 4 is 17.6 Å². The van der Waals surface area contributed by atoms with Crippen molar-refractivity contribution in [3.8, 4) is 0 Å². The molecule has 1 rings (SSSR count). The number of aliphatic carboxylic acids is 1. The lowest BCUT2D eigenvalue weighted by Crippen LogP contribution is -2.33. The van der Waals surface area contributed by atoms with E-state index in [9.17, 15) is 4.79 Å². The van der Waals surface area contributed by atoms with Crippen LogP contribution in [-0.2, 0) is 9.53 Å². The number of carbonyl (C=O) groups is 1. The van der Waals surface area contributed by atoms with E-state index in [0.717, 1.165) is 5.57 Å². The Kier molecular flexibility index (Phi) is 3.34. The first-order chi connectivity index (χ1) is 6.43. The second-order valence-electron chi connectivity index (χ2n) is 3.37. The number of allylic oxidation sites excluding steroid dienone is 2. The Hall–Kier alpha value is -0.800. The summed E-state index contributed by atoms with van der Waals surface area (Å²) in [5.74, 6) is -1.01. The van der Waals surface area contributed by atoms with Gasteiger partial charge in [0.05, 0.1) is 0 Å². The average Bonchev–Trinajstić information content (AvgIpc) is 2.10. The minimum atomic E-state index is -1.01. The summed E-state index contributed by atoms with van der Waals surface area (Å²) in [6.45, 7) is 3.42. The van der Waals surface area contributed by atoms with E-state index in [0.29, 0.717) is 6.42 Å². The second-order valence-corrected chi connectivity index (χ2v) is 4.01. The molecule has 1 N–H and O–H groups in total. The van der Waals surface area contributed by atoms with E-state index in [2.05, 4.69) is 0 Å². The Bertz CT molecular complexity index is 296. The minimum absolute atomic E-state index is 0.495. The van der Waals surface area contributed by atoms with Crippen LogP contribution >= 0.6 is 11.6 Å². The smallest absolute Gasteiger partial charge is 0.332 e. The van der Waals surface area contributed by atoms with Gasteiger partial charge in [0.25, 0.3) is 0 Å². The van der Waals surface area contributed by atoms with Gasteiger partial charge in [0.2, 0.25) is 0 Å². The lowest BCUT2D eigenvalue weighted by Gasteiger charge is -2.27. The van der Waals surface area contributed by atoms with Gasteiger partial charge in [-0.25, -0.2) is 4.79 Å². The van der Waals surface area contributed by atoms with Crippen molar-refractivity contribution < 1.29 is 14.6 Å². The van der Waals surface area contributed by atoms with Crippen LogP contribution in [0.5, 0.6) is 0 Å². The van der Waals surface area contributed by atoms with Crippen molar-refractivity contribution in [2.75, 3.05) is 0 Å². The van der Waals surface area contributed by atoms with Gasteiger partial charge in [-0.2, -0.15) is 0 Å². The van der Waals surface area contributed by atoms with Crippen molar-refractivity contribution in [1.29, 1.82) is 0 Å². The molecule has 1 aliphatic rings. The van der Waals surface area contributed by atoms with Crippen molar-refractivity contribution in [2.45, 2.75) is 31.4 Å². The van der Waals surface area contributed by atoms with E-state index in [-0.39, 0.29) is 0 Å². The largest absolute Gasteiger partial charge is 0.479 e. The highest BCUT2D eigenvalue weighted by Crippen LogP contribution is 2.30. The van der Waals surface area contributed by atoms with Gasteiger partial charge < -0.3 is 9.84 Å². The summed E-state index contributed by atoms with van der Waals surface area (Å²) < 4.78 is 5.22. The quantitative estimate of drug-likeness (QED) is 0.737. The Morgan fingerprint density at radius 2 is 2.43 bits per heavy atom. The third kappa shape index (κ3) is 2.86. The van der Waals surface area contributed by atoms with Gasteiger partial charge in [-0.05, 0) is 19.9 Å². The maximum absolute atomic E-state index is 10.6. The molecule has 0 bridgehead atoms. The molecule has 3 nitrogen and oxygen atoms in total. The highest BCUT2D eigenvalue weighted by Gasteiger charge is 2.30. The molecule has 2 atom stereocenters. The summed E-state index contributed by atoms with van der Waals surface area (Å²) in [4.78, 5) is 10.6.